The molecular formula is C18H26FN. The second-order valence-corrected chi connectivity index (χ2v) is 6.76. The highest BCUT2D eigenvalue weighted by Crippen LogP contribution is 2.53. The first-order chi connectivity index (χ1) is 9.75. The normalized spacial score (nSPS) is 34.3. The number of hydrogen-bond donors (Lipinski definition) is 1. The smallest absolute Gasteiger partial charge is 0.126 e. The highest BCUT2D eigenvalue weighted by atomic mass is 19.1. The quantitative estimate of drug-likeness (QED) is 0.838. The fourth-order valence-electron chi connectivity index (χ4n) is 4.59. The lowest BCUT2D eigenvalue weighted by Gasteiger charge is -2.49. The van der Waals surface area contributed by atoms with Crippen molar-refractivity contribution in [2.75, 3.05) is 13.1 Å². The summed E-state index contributed by atoms with van der Waals surface area (Å²) in [6.45, 7) is 4.35. The van der Waals surface area contributed by atoms with Gasteiger partial charge in [-0.15, -0.1) is 0 Å². The van der Waals surface area contributed by atoms with Gasteiger partial charge in [0.2, 0.25) is 0 Å². The minimum atomic E-state index is -0.0146. The number of benzene rings is 1. The predicted octanol–water partition coefficient (Wildman–Crippen LogP) is 4.49. The Morgan fingerprint density at radius 1 is 1.30 bits per heavy atom. The molecule has 2 aliphatic rings. The van der Waals surface area contributed by atoms with Gasteiger partial charge in [0.25, 0.3) is 0 Å². The second-order valence-electron chi connectivity index (χ2n) is 6.76. The van der Waals surface area contributed by atoms with Crippen LogP contribution in [0.15, 0.2) is 24.3 Å². The Morgan fingerprint density at radius 2 is 2.15 bits per heavy atom. The summed E-state index contributed by atoms with van der Waals surface area (Å²) in [5, 5.41) is 3.50. The lowest BCUT2D eigenvalue weighted by molar-refractivity contribution is 0.0674. The van der Waals surface area contributed by atoms with Crippen LogP contribution in [0, 0.1) is 17.2 Å². The van der Waals surface area contributed by atoms with Gasteiger partial charge < -0.3 is 5.32 Å². The van der Waals surface area contributed by atoms with Crippen LogP contribution >= 0.6 is 0 Å². The van der Waals surface area contributed by atoms with Gasteiger partial charge in [0.1, 0.15) is 5.82 Å². The molecule has 1 spiro atoms. The second kappa shape index (κ2) is 5.85. The third kappa shape index (κ3) is 2.50. The molecule has 20 heavy (non-hydrogen) atoms. The van der Waals surface area contributed by atoms with Gasteiger partial charge in [-0.3, -0.25) is 0 Å². The van der Waals surface area contributed by atoms with Crippen molar-refractivity contribution in [2.24, 2.45) is 11.3 Å². The summed E-state index contributed by atoms with van der Waals surface area (Å²) in [6, 6.07) is 7.42. The summed E-state index contributed by atoms with van der Waals surface area (Å²) >= 11 is 0. The van der Waals surface area contributed by atoms with Crippen molar-refractivity contribution in [3.05, 3.63) is 35.6 Å². The van der Waals surface area contributed by atoms with Crippen LogP contribution in [0.3, 0.4) is 0 Å². The number of hydrogen-bond acceptors (Lipinski definition) is 1. The van der Waals surface area contributed by atoms with Crippen LogP contribution in [0.25, 0.3) is 0 Å². The first kappa shape index (κ1) is 14.1. The van der Waals surface area contributed by atoms with Crippen molar-refractivity contribution in [1.29, 1.82) is 0 Å². The maximum absolute atomic E-state index is 14.3. The Bertz CT molecular complexity index is 454. The van der Waals surface area contributed by atoms with E-state index < -0.39 is 0 Å². The van der Waals surface area contributed by atoms with Gasteiger partial charge in [-0.25, -0.2) is 4.39 Å². The molecule has 1 aromatic rings. The van der Waals surface area contributed by atoms with Crippen LogP contribution in [-0.4, -0.2) is 13.1 Å². The van der Waals surface area contributed by atoms with Crippen molar-refractivity contribution in [2.45, 2.75) is 51.4 Å². The summed E-state index contributed by atoms with van der Waals surface area (Å²) < 4.78 is 14.3. The van der Waals surface area contributed by atoms with Crippen LogP contribution in [0.1, 0.15) is 56.9 Å². The molecular weight excluding hydrogens is 249 g/mol. The molecule has 3 atom stereocenters. The molecule has 1 aromatic carbocycles. The van der Waals surface area contributed by atoms with E-state index in [-0.39, 0.29) is 5.82 Å². The number of rotatable bonds is 2. The van der Waals surface area contributed by atoms with Gasteiger partial charge in [0.05, 0.1) is 0 Å². The molecule has 0 radical (unpaired) electrons. The molecule has 1 N–H and O–H groups in total. The van der Waals surface area contributed by atoms with Gasteiger partial charge in [-0.2, -0.15) is 0 Å². The maximum atomic E-state index is 14.3. The first-order valence-corrected chi connectivity index (χ1v) is 8.20. The first-order valence-electron chi connectivity index (χ1n) is 8.20. The van der Waals surface area contributed by atoms with Crippen molar-refractivity contribution in [1.82, 2.24) is 5.32 Å². The van der Waals surface area contributed by atoms with E-state index in [9.17, 15) is 4.39 Å². The molecule has 1 aliphatic heterocycles. The van der Waals surface area contributed by atoms with Gasteiger partial charge in [-0.1, -0.05) is 44.4 Å². The van der Waals surface area contributed by atoms with Crippen molar-refractivity contribution < 1.29 is 4.39 Å². The van der Waals surface area contributed by atoms with Crippen LogP contribution < -0.4 is 5.32 Å². The van der Waals surface area contributed by atoms with Gasteiger partial charge in [0.15, 0.2) is 0 Å². The number of nitrogens with one attached hydrogen (secondary N) is 1. The van der Waals surface area contributed by atoms with E-state index in [0.29, 0.717) is 11.3 Å². The molecule has 1 saturated heterocycles. The lowest BCUT2D eigenvalue weighted by Crippen LogP contribution is -2.46. The van der Waals surface area contributed by atoms with E-state index in [2.05, 4.69) is 12.2 Å². The van der Waals surface area contributed by atoms with Crippen LogP contribution in [0.5, 0.6) is 0 Å². The Balaban J connectivity index is 1.93. The zero-order valence-electron chi connectivity index (χ0n) is 12.5. The summed E-state index contributed by atoms with van der Waals surface area (Å²) in [5.41, 5.74) is 1.28. The van der Waals surface area contributed by atoms with Gasteiger partial charge >= 0.3 is 0 Å². The van der Waals surface area contributed by atoms with Crippen LogP contribution in [-0.2, 0) is 0 Å². The zero-order valence-corrected chi connectivity index (χ0v) is 12.5. The van der Waals surface area contributed by atoms with Crippen molar-refractivity contribution in [3.63, 3.8) is 0 Å². The highest BCUT2D eigenvalue weighted by Gasteiger charge is 2.44. The Hall–Kier alpha value is -0.890. The van der Waals surface area contributed by atoms with Gasteiger partial charge in [-0.05, 0) is 48.8 Å². The molecule has 1 nitrogen and oxygen atoms in total. The Morgan fingerprint density at radius 3 is 2.95 bits per heavy atom. The Kier molecular flexibility index (Phi) is 4.11. The van der Waals surface area contributed by atoms with Crippen LogP contribution in [0.2, 0.25) is 0 Å². The molecule has 3 rings (SSSR count). The molecule has 0 aromatic heterocycles. The largest absolute Gasteiger partial charge is 0.316 e. The monoisotopic (exact) mass is 275 g/mol. The molecule has 110 valence electrons. The van der Waals surface area contributed by atoms with E-state index in [1.165, 1.54) is 38.5 Å². The van der Waals surface area contributed by atoms with Crippen molar-refractivity contribution in [3.8, 4) is 0 Å². The molecule has 1 aliphatic carbocycles. The molecule has 0 bridgehead atoms. The predicted molar refractivity (Wildman–Crippen MR) is 81.3 cm³/mol. The van der Waals surface area contributed by atoms with E-state index in [1.54, 1.807) is 12.1 Å². The van der Waals surface area contributed by atoms with Crippen molar-refractivity contribution >= 4 is 0 Å². The van der Waals surface area contributed by atoms with E-state index >= 15 is 0 Å². The highest BCUT2D eigenvalue weighted by molar-refractivity contribution is 5.26. The van der Waals surface area contributed by atoms with E-state index in [1.807, 2.05) is 12.1 Å². The maximum Gasteiger partial charge on any atom is 0.126 e. The molecule has 2 fully saturated rings. The standard InChI is InChI=1S/C18H26FN/c1-2-14-6-5-9-18(12-14)10-11-20-13-16(18)15-7-3-4-8-17(15)19/h3-4,7-8,14,16,20H,2,5-6,9-13H2,1H3. The summed E-state index contributed by atoms with van der Waals surface area (Å²) in [6.07, 6.45) is 7.76. The molecule has 1 heterocycles. The fraction of sp³-hybridized carbons (Fsp3) is 0.667. The molecule has 2 heteroatoms. The number of piperidine rings is 1. The fourth-order valence-corrected chi connectivity index (χ4v) is 4.59. The van der Waals surface area contributed by atoms with E-state index in [0.717, 1.165) is 24.6 Å². The third-order valence-electron chi connectivity index (χ3n) is 5.73. The average Bonchev–Trinajstić information content (AvgIpc) is 2.49. The Labute approximate surface area is 122 Å². The SMILES string of the molecule is CCC1CCCC2(CCNCC2c2ccccc2F)C1. The third-order valence-corrected chi connectivity index (χ3v) is 5.73. The van der Waals surface area contributed by atoms with E-state index in [4.69, 9.17) is 0 Å². The zero-order chi connectivity index (χ0) is 14.0. The molecule has 3 unspecified atom stereocenters. The summed E-state index contributed by atoms with van der Waals surface area (Å²) in [5.74, 6) is 1.18. The van der Waals surface area contributed by atoms with Crippen LogP contribution in [0.4, 0.5) is 4.39 Å². The molecule has 0 amide bonds. The topological polar surface area (TPSA) is 12.0 Å². The van der Waals surface area contributed by atoms with Gasteiger partial charge in [0, 0.05) is 12.5 Å². The average molecular weight is 275 g/mol. The summed E-state index contributed by atoms with van der Waals surface area (Å²) in [7, 11) is 0. The lowest BCUT2D eigenvalue weighted by atomic mass is 9.58. The molecule has 1 saturated carbocycles. The number of halogens is 1. The minimum absolute atomic E-state index is 0.0146. The minimum Gasteiger partial charge on any atom is -0.316 e. The summed E-state index contributed by atoms with van der Waals surface area (Å²) in [4.78, 5) is 0.